The number of unbranched alkanes of at least 4 members (excludes halogenated alkanes) is 1. The minimum absolute atomic E-state index is 0.230. The standard InChI is InChI=1S/C16H25NO2/c1-4-5-6-12-7-9-13(10-8-12)14(17)11-16(2,3)15(18)19/h7-10,14H,4-6,11,17H2,1-3H3,(H,18,19). The van der Waals surface area contributed by atoms with Gasteiger partial charge < -0.3 is 10.8 Å². The number of carboxylic acid groups (broad SMARTS) is 1. The van der Waals surface area contributed by atoms with E-state index in [1.807, 2.05) is 12.1 Å². The molecular weight excluding hydrogens is 238 g/mol. The number of nitrogens with two attached hydrogens (primary N) is 1. The van der Waals surface area contributed by atoms with Crippen molar-refractivity contribution in [2.75, 3.05) is 0 Å². The minimum Gasteiger partial charge on any atom is -0.481 e. The lowest BCUT2D eigenvalue weighted by molar-refractivity contribution is -0.147. The second-order valence-electron chi connectivity index (χ2n) is 5.84. The Morgan fingerprint density at radius 2 is 1.89 bits per heavy atom. The molecule has 0 aromatic heterocycles. The quantitative estimate of drug-likeness (QED) is 0.791. The van der Waals surface area contributed by atoms with Crippen LogP contribution in [-0.2, 0) is 11.2 Å². The molecule has 0 bridgehead atoms. The van der Waals surface area contributed by atoms with E-state index in [1.54, 1.807) is 13.8 Å². The van der Waals surface area contributed by atoms with Crippen molar-refractivity contribution in [2.45, 2.75) is 52.5 Å². The molecule has 106 valence electrons. The van der Waals surface area contributed by atoms with E-state index >= 15 is 0 Å². The van der Waals surface area contributed by atoms with E-state index in [-0.39, 0.29) is 6.04 Å². The van der Waals surface area contributed by atoms with Gasteiger partial charge in [0.2, 0.25) is 0 Å². The Bertz CT molecular complexity index is 409. The van der Waals surface area contributed by atoms with Crippen LogP contribution in [0.4, 0.5) is 0 Å². The molecule has 3 heteroatoms. The van der Waals surface area contributed by atoms with Crippen LogP contribution >= 0.6 is 0 Å². The van der Waals surface area contributed by atoms with Crippen molar-refractivity contribution >= 4 is 5.97 Å². The van der Waals surface area contributed by atoms with Gasteiger partial charge in [0, 0.05) is 6.04 Å². The number of carboxylic acids is 1. The molecule has 0 amide bonds. The zero-order valence-electron chi connectivity index (χ0n) is 12.1. The average Bonchev–Trinajstić information content (AvgIpc) is 2.36. The van der Waals surface area contributed by atoms with Gasteiger partial charge in [0.25, 0.3) is 0 Å². The highest BCUT2D eigenvalue weighted by Gasteiger charge is 2.29. The Balaban J connectivity index is 2.67. The third kappa shape index (κ3) is 4.67. The van der Waals surface area contributed by atoms with Crippen LogP contribution < -0.4 is 5.73 Å². The molecule has 0 spiro atoms. The van der Waals surface area contributed by atoms with E-state index in [0.717, 1.165) is 12.0 Å². The lowest BCUT2D eigenvalue weighted by atomic mass is 9.84. The number of aryl methyl sites for hydroxylation is 1. The number of benzene rings is 1. The van der Waals surface area contributed by atoms with E-state index in [9.17, 15) is 4.79 Å². The zero-order chi connectivity index (χ0) is 14.5. The molecule has 0 radical (unpaired) electrons. The van der Waals surface area contributed by atoms with Gasteiger partial charge in [0.15, 0.2) is 0 Å². The van der Waals surface area contributed by atoms with Gasteiger partial charge in [-0.05, 0) is 44.2 Å². The first-order chi connectivity index (χ1) is 8.86. The largest absolute Gasteiger partial charge is 0.481 e. The molecule has 1 atom stereocenters. The van der Waals surface area contributed by atoms with Gasteiger partial charge in [-0.25, -0.2) is 0 Å². The molecule has 1 aromatic carbocycles. The van der Waals surface area contributed by atoms with Crippen molar-refractivity contribution in [3.05, 3.63) is 35.4 Å². The molecule has 3 nitrogen and oxygen atoms in total. The summed E-state index contributed by atoms with van der Waals surface area (Å²) in [5, 5.41) is 9.12. The van der Waals surface area contributed by atoms with Gasteiger partial charge in [0.1, 0.15) is 0 Å². The fourth-order valence-electron chi connectivity index (χ4n) is 2.07. The van der Waals surface area contributed by atoms with Crippen molar-refractivity contribution < 1.29 is 9.90 Å². The third-order valence-electron chi connectivity index (χ3n) is 3.54. The second-order valence-corrected chi connectivity index (χ2v) is 5.84. The second kappa shape index (κ2) is 6.71. The molecular formula is C16H25NO2. The molecule has 0 fully saturated rings. The fourth-order valence-corrected chi connectivity index (χ4v) is 2.07. The summed E-state index contributed by atoms with van der Waals surface area (Å²) in [5.41, 5.74) is 7.64. The molecule has 0 heterocycles. The van der Waals surface area contributed by atoms with Gasteiger partial charge in [-0.2, -0.15) is 0 Å². The first-order valence-corrected chi connectivity index (χ1v) is 6.94. The summed E-state index contributed by atoms with van der Waals surface area (Å²) in [5.74, 6) is -0.803. The number of aliphatic carboxylic acids is 1. The van der Waals surface area contributed by atoms with Crippen molar-refractivity contribution in [2.24, 2.45) is 11.1 Å². The highest BCUT2D eigenvalue weighted by molar-refractivity contribution is 5.73. The smallest absolute Gasteiger partial charge is 0.309 e. The maximum absolute atomic E-state index is 11.1. The zero-order valence-corrected chi connectivity index (χ0v) is 12.1. The van der Waals surface area contributed by atoms with E-state index in [4.69, 9.17) is 10.8 Å². The first-order valence-electron chi connectivity index (χ1n) is 6.94. The molecule has 0 aliphatic carbocycles. The highest BCUT2D eigenvalue weighted by atomic mass is 16.4. The molecule has 0 saturated carbocycles. The van der Waals surface area contributed by atoms with Crippen LogP contribution in [0.3, 0.4) is 0 Å². The van der Waals surface area contributed by atoms with Gasteiger partial charge in [-0.1, -0.05) is 37.6 Å². The summed E-state index contributed by atoms with van der Waals surface area (Å²) >= 11 is 0. The van der Waals surface area contributed by atoms with Gasteiger partial charge in [-0.3, -0.25) is 4.79 Å². The summed E-state index contributed by atoms with van der Waals surface area (Å²) in [4.78, 5) is 11.1. The van der Waals surface area contributed by atoms with Crippen molar-refractivity contribution in [1.29, 1.82) is 0 Å². The first kappa shape index (κ1) is 15.7. The van der Waals surface area contributed by atoms with Gasteiger partial charge in [0.05, 0.1) is 5.41 Å². The number of hydrogen-bond acceptors (Lipinski definition) is 2. The average molecular weight is 263 g/mol. The summed E-state index contributed by atoms with van der Waals surface area (Å²) in [6.07, 6.45) is 3.91. The van der Waals surface area contributed by atoms with Crippen molar-refractivity contribution in [3.8, 4) is 0 Å². The predicted molar refractivity (Wildman–Crippen MR) is 78.0 cm³/mol. The van der Waals surface area contributed by atoms with Crippen molar-refractivity contribution in [1.82, 2.24) is 0 Å². The monoisotopic (exact) mass is 263 g/mol. The molecule has 0 aliphatic heterocycles. The SMILES string of the molecule is CCCCc1ccc(C(N)CC(C)(C)C(=O)O)cc1. The van der Waals surface area contributed by atoms with Crippen LogP contribution in [0, 0.1) is 5.41 Å². The summed E-state index contributed by atoms with van der Waals surface area (Å²) in [7, 11) is 0. The number of rotatable bonds is 7. The van der Waals surface area contributed by atoms with E-state index in [0.29, 0.717) is 6.42 Å². The number of hydrogen-bond donors (Lipinski definition) is 2. The molecule has 1 aromatic rings. The van der Waals surface area contributed by atoms with E-state index in [1.165, 1.54) is 18.4 Å². The summed E-state index contributed by atoms with van der Waals surface area (Å²) in [6, 6.07) is 8.00. The Morgan fingerprint density at radius 1 is 1.32 bits per heavy atom. The molecule has 1 unspecified atom stereocenters. The maximum atomic E-state index is 11.1. The van der Waals surface area contributed by atoms with Gasteiger partial charge in [-0.15, -0.1) is 0 Å². The normalized spacial score (nSPS) is 13.3. The molecule has 1 rings (SSSR count). The Labute approximate surface area is 115 Å². The summed E-state index contributed by atoms with van der Waals surface area (Å²) in [6.45, 7) is 5.61. The molecule has 0 aliphatic rings. The Morgan fingerprint density at radius 3 is 2.37 bits per heavy atom. The number of carbonyl (C=O) groups is 1. The topological polar surface area (TPSA) is 63.3 Å². The van der Waals surface area contributed by atoms with Crippen LogP contribution in [0.15, 0.2) is 24.3 Å². The fraction of sp³-hybridized carbons (Fsp3) is 0.562. The molecule has 19 heavy (non-hydrogen) atoms. The molecule has 0 saturated heterocycles. The van der Waals surface area contributed by atoms with E-state index in [2.05, 4.69) is 19.1 Å². The lowest BCUT2D eigenvalue weighted by Gasteiger charge is -2.23. The van der Waals surface area contributed by atoms with Crippen LogP contribution in [0.25, 0.3) is 0 Å². The van der Waals surface area contributed by atoms with Crippen LogP contribution in [0.1, 0.15) is 57.2 Å². The minimum atomic E-state index is -0.803. The Hall–Kier alpha value is -1.35. The maximum Gasteiger partial charge on any atom is 0.309 e. The van der Waals surface area contributed by atoms with Crippen LogP contribution in [0.5, 0.6) is 0 Å². The van der Waals surface area contributed by atoms with Gasteiger partial charge >= 0.3 is 5.97 Å². The van der Waals surface area contributed by atoms with Crippen LogP contribution in [0.2, 0.25) is 0 Å². The van der Waals surface area contributed by atoms with E-state index < -0.39 is 11.4 Å². The third-order valence-corrected chi connectivity index (χ3v) is 3.54. The highest BCUT2D eigenvalue weighted by Crippen LogP contribution is 2.28. The molecule has 3 N–H and O–H groups in total. The van der Waals surface area contributed by atoms with Crippen molar-refractivity contribution in [3.63, 3.8) is 0 Å². The lowest BCUT2D eigenvalue weighted by Crippen LogP contribution is -2.28. The van der Waals surface area contributed by atoms with Crippen LogP contribution in [-0.4, -0.2) is 11.1 Å². The predicted octanol–water partition coefficient (Wildman–Crippen LogP) is 3.53. The Kier molecular flexibility index (Phi) is 5.55. The summed E-state index contributed by atoms with van der Waals surface area (Å²) < 4.78 is 0.